The van der Waals surface area contributed by atoms with Crippen LogP contribution in [0.1, 0.15) is 24.3 Å². The molecule has 0 atom stereocenters. The van der Waals surface area contributed by atoms with E-state index in [-0.39, 0.29) is 11.6 Å². The molecule has 0 aliphatic carbocycles. The van der Waals surface area contributed by atoms with Gasteiger partial charge in [-0.2, -0.15) is 5.10 Å². The quantitative estimate of drug-likeness (QED) is 0.915. The number of hydrogen-bond donors (Lipinski definition) is 1. The van der Waals surface area contributed by atoms with Crippen molar-refractivity contribution in [3.05, 3.63) is 30.0 Å². The minimum absolute atomic E-state index is 0.0259. The van der Waals surface area contributed by atoms with E-state index in [1.807, 2.05) is 6.07 Å². The molecule has 1 aliphatic rings. The summed E-state index contributed by atoms with van der Waals surface area (Å²) in [6, 6.07) is 6.90. The number of rotatable bonds is 2. The number of likely N-dealkylation sites (N-methyl/N-ethyl adjacent to an activating group) is 1. The van der Waals surface area contributed by atoms with Gasteiger partial charge in [0.1, 0.15) is 5.75 Å². The second kappa shape index (κ2) is 4.84. The largest absolute Gasteiger partial charge is 0.476 e. The molecule has 0 bridgehead atoms. The lowest BCUT2D eigenvalue weighted by molar-refractivity contribution is -0.132. The third-order valence-electron chi connectivity index (χ3n) is 3.90. The Hall–Kier alpha value is -2.83. The number of nitrogens with zero attached hydrogens (tertiary/aromatic N) is 3. The fourth-order valence-electron chi connectivity index (χ4n) is 2.70. The van der Waals surface area contributed by atoms with Crippen molar-refractivity contribution >= 4 is 17.6 Å². The lowest BCUT2D eigenvalue weighted by atomic mass is 10.0. The molecule has 0 fully saturated rings. The first kappa shape index (κ1) is 15.1. The van der Waals surface area contributed by atoms with Crippen LogP contribution in [0.15, 0.2) is 24.3 Å². The van der Waals surface area contributed by atoms with Crippen molar-refractivity contribution in [3.63, 3.8) is 0 Å². The Morgan fingerprint density at radius 2 is 1.96 bits per heavy atom. The predicted molar refractivity (Wildman–Crippen MR) is 83.7 cm³/mol. The van der Waals surface area contributed by atoms with E-state index in [4.69, 9.17) is 9.84 Å². The summed E-state index contributed by atoms with van der Waals surface area (Å²) in [5.74, 6) is -0.609. The second-order valence-corrected chi connectivity index (χ2v) is 6.00. The van der Waals surface area contributed by atoms with E-state index in [2.05, 4.69) is 5.10 Å². The molecule has 23 heavy (non-hydrogen) atoms. The van der Waals surface area contributed by atoms with E-state index < -0.39 is 11.6 Å². The molecule has 120 valence electrons. The van der Waals surface area contributed by atoms with Gasteiger partial charge < -0.3 is 14.7 Å². The van der Waals surface area contributed by atoms with Crippen LogP contribution in [-0.4, -0.2) is 39.4 Å². The van der Waals surface area contributed by atoms with E-state index in [0.29, 0.717) is 17.1 Å². The zero-order chi connectivity index (χ0) is 16.9. The number of carbonyl (C=O) groups excluding carboxylic acids is 1. The molecule has 1 aliphatic heterocycles. The summed E-state index contributed by atoms with van der Waals surface area (Å²) in [6.45, 7) is 3.45. The van der Waals surface area contributed by atoms with E-state index in [1.165, 1.54) is 10.7 Å². The molecule has 2 aromatic rings. The summed E-state index contributed by atoms with van der Waals surface area (Å²) in [6.07, 6.45) is 0. The number of anilines is 1. The maximum Gasteiger partial charge on any atom is 0.356 e. The average Bonchev–Trinajstić information content (AvgIpc) is 2.87. The highest BCUT2D eigenvalue weighted by Crippen LogP contribution is 2.39. The minimum Gasteiger partial charge on any atom is -0.476 e. The Morgan fingerprint density at radius 3 is 2.57 bits per heavy atom. The molecule has 1 N–H and O–H groups in total. The topological polar surface area (TPSA) is 84.7 Å². The van der Waals surface area contributed by atoms with Crippen LogP contribution in [0.3, 0.4) is 0 Å². The van der Waals surface area contributed by atoms with Gasteiger partial charge >= 0.3 is 5.97 Å². The van der Waals surface area contributed by atoms with Crippen LogP contribution in [0.4, 0.5) is 5.69 Å². The fourth-order valence-corrected chi connectivity index (χ4v) is 2.70. The SMILES string of the molecule is CN1C(=O)C(C)(C)Oc2ccc(-c3cc(C(=O)O)nn3C)cc21. The third kappa shape index (κ3) is 2.34. The van der Waals surface area contributed by atoms with Crippen LogP contribution in [0.5, 0.6) is 5.75 Å². The molecule has 0 saturated heterocycles. The lowest BCUT2D eigenvalue weighted by Crippen LogP contribution is -2.50. The second-order valence-electron chi connectivity index (χ2n) is 6.00. The van der Waals surface area contributed by atoms with Gasteiger partial charge in [-0.1, -0.05) is 0 Å². The van der Waals surface area contributed by atoms with Crippen LogP contribution in [0.2, 0.25) is 0 Å². The molecule has 0 saturated carbocycles. The van der Waals surface area contributed by atoms with Crippen molar-refractivity contribution in [1.82, 2.24) is 9.78 Å². The number of hydrogen-bond acceptors (Lipinski definition) is 4. The normalized spacial score (nSPS) is 16.0. The molecule has 1 amide bonds. The van der Waals surface area contributed by atoms with E-state index >= 15 is 0 Å². The maximum atomic E-state index is 12.3. The molecule has 7 nitrogen and oxygen atoms in total. The van der Waals surface area contributed by atoms with Gasteiger partial charge in [0.2, 0.25) is 0 Å². The van der Waals surface area contributed by atoms with Crippen molar-refractivity contribution in [1.29, 1.82) is 0 Å². The van der Waals surface area contributed by atoms with Gasteiger partial charge in [0.25, 0.3) is 5.91 Å². The van der Waals surface area contributed by atoms with Gasteiger partial charge in [-0.25, -0.2) is 4.79 Å². The number of amides is 1. The first-order chi connectivity index (χ1) is 10.7. The number of aromatic nitrogens is 2. The number of aromatic carboxylic acids is 1. The Morgan fingerprint density at radius 1 is 1.26 bits per heavy atom. The molecule has 1 aromatic heterocycles. The zero-order valence-corrected chi connectivity index (χ0v) is 13.3. The molecule has 0 unspecified atom stereocenters. The number of carbonyl (C=O) groups is 2. The summed E-state index contributed by atoms with van der Waals surface area (Å²) in [7, 11) is 3.37. The summed E-state index contributed by atoms with van der Waals surface area (Å²) in [4.78, 5) is 24.9. The number of carboxylic acids is 1. The lowest BCUT2D eigenvalue weighted by Gasteiger charge is -2.37. The Bertz CT molecular complexity index is 823. The number of fused-ring (bicyclic) bond motifs is 1. The van der Waals surface area contributed by atoms with Crippen molar-refractivity contribution < 1.29 is 19.4 Å². The van der Waals surface area contributed by atoms with Crippen LogP contribution >= 0.6 is 0 Å². The van der Waals surface area contributed by atoms with E-state index in [9.17, 15) is 9.59 Å². The Balaban J connectivity index is 2.09. The number of aryl methyl sites for hydroxylation is 1. The summed E-state index contributed by atoms with van der Waals surface area (Å²) >= 11 is 0. The highest BCUT2D eigenvalue weighted by molar-refractivity contribution is 6.02. The van der Waals surface area contributed by atoms with Crippen LogP contribution in [0, 0.1) is 0 Å². The fraction of sp³-hybridized carbons (Fsp3) is 0.312. The van der Waals surface area contributed by atoms with E-state index in [1.54, 1.807) is 45.0 Å². The maximum absolute atomic E-state index is 12.3. The van der Waals surface area contributed by atoms with E-state index in [0.717, 1.165) is 5.56 Å². The first-order valence-corrected chi connectivity index (χ1v) is 7.09. The van der Waals surface area contributed by atoms with Crippen molar-refractivity contribution in [3.8, 4) is 17.0 Å². The van der Waals surface area contributed by atoms with Crippen molar-refractivity contribution in [2.75, 3.05) is 11.9 Å². The minimum atomic E-state index is -1.08. The standard InChI is InChI=1S/C16H17N3O4/c1-16(2)15(22)18(3)12-7-9(5-6-13(12)23-16)11-8-10(14(20)21)17-19(11)4/h5-8H,1-4H3,(H,20,21). The number of benzene rings is 1. The molecule has 3 rings (SSSR count). The van der Waals surface area contributed by atoms with Gasteiger partial charge in [0, 0.05) is 19.7 Å². The summed E-state index contributed by atoms with van der Waals surface area (Å²) < 4.78 is 7.26. The molecule has 0 spiro atoms. The van der Waals surface area contributed by atoms with Crippen LogP contribution < -0.4 is 9.64 Å². The molecular formula is C16H17N3O4. The average molecular weight is 315 g/mol. The van der Waals surface area contributed by atoms with Crippen molar-refractivity contribution in [2.24, 2.45) is 7.05 Å². The van der Waals surface area contributed by atoms with Gasteiger partial charge in [0.05, 0.1) is 11.4 Å². The zero-order valence-electron chi connectivity index (χ0n) is 13.3. The summed E-state index contributed by atoms with van der Waals surface area (Å²) in [5.41, 5.74) is 1.11. The number of ether oxygens (including phenoxy) is 1. The molecule has 7 heteroatoms. The smallest absolute Gasteiger partial charge is 0.356 e. The molecule has 2 heterocycles. The predicted octanol–water partition coefficient (Wildman–Crippen LogP) is 1.92. The monoisotopic (exact) mass is 315 g/mol. The highest BCUT2D eigenvalue weighted by Gasteiger charge is 2.39. The molecule has 1 aromatic carbocycles. The first-order valence-electron chi connectivity index (χ1n) is 7.09. The third-order valence-corrected chi connectivity index (χ3v) is 3.90. The molecule has 0 radical (unpaired) electrons. The van der Waals surface area contributed by atoms with Crippen LogP contribution in [-0.2, 0) is 11.8 Å². The van der Waals surface area contributed by atoms with Crippen LogP contribution in [0.25, 0.3) is 11.3 Å². The highest BCUT2D eigenvalue weighted by atomic mass is 16.5. The van der Waals surface area contributed by atoms with Gasteiger partial charge in [-0.15, -0.1) is 0 Å². The Labute approximate surface area is 133 Å². The van der Waals surface area contributed by atoms with Gasteiger partial charge in [-0.05, 0) is 38.1 Å². The molecular weight excluding hydrogens is 298 g/mol. The van der Waals surface area contributed by atoms with Gasteiger partial charge in [-0.3, -0.25) is 9.48 Å². The van der Waals surface area contributed by atoms with Gasteiger partial charge in [0.15, 0.2) is 11.3 Å². The Kier molecular flexibility index (Phi) is 3.17. The summed E-state index contributed by atoms with van der Waals surface area (Å²) in [5, 5.41) is 13.0. The van der Waals surface area contributed by atoms with Crippen molar-refractivity contribution in [2.45, 2.75) is 19.4 Å². The number of carboxylic acid groups (broad SMARTS) is 1.